The van der Waals surface area contributed by atoms with Crippen LogP contribution in [0.2, 0.25) is 0 Å². The lowest BCUT2D eigenvalue weighted by atomic mass is 10.3. The predicted octanol–water partition coefficient (Wildman–Crippen LogP) is -0.535. The Kier molecular flexibility index (Phi) is 2.91. The van der Waals surface area contributed by atoms with E-state index >= 15 is 0 Å². The third-order valence-corrected chi connectivity index (χ3v) is 1.56. The Morgan fingerprint density at radius 3 is 3.00 bits per heavy atom. The van der Waals surface area contributed by atoms with E-state index in [2.05, 4.69) is 15.5 Å². The summed E-state index contributed by atoms with van der Waals surface area (Å²) in [4.78, 5) is 10.6. The predicted molar refractivity (Wildman–Crippen MR) is 40.9 cm³/mol. The second-order valence-electron chi connectivity index (χ2n) is 2.49. The topological polar surface area (TPSA) is 90.1 Å². The van der Waals surface area contributed by atoms with Gasteiger partial charge in [0.1, 0.15) is 6.61 Å². The Balaban J connectivity index is 2.86. The molecule has 0 aliphatic heterocycles. The molecule has 1 rings (SSSR count). The molecule has 0 saturated carbocycles. The highest BCUT2D eigenvalue weighted by atomic mass is 16.5. The van der Waals surface area contributed by atoms with E-state index in [9.17, 15) is 4.79 Å². The molecule has 1 unspecified atom stereocenters. The number of nitrogens with zero attached hydrogens (tertiary/aromatic N) is 4. The van der Waals surface area contributed by atoms with Crippen molar-refractivity contribution in [3.63, 3.8) is 0 Å². The van der Waals surface area contributed by atoms with Crippen LogP contribution in [-0.4, -0.2) is 38.4 Å². The van der Waals surface area contributed by atoms with Crippen molar-refractivity contribution in [2.75, 3.05) is 7.11 Å². The van der Waals surface area contributed by atoms with E-state index < -0.39 is 12.0 Å². The van der Waals surface area contributed by atoms with Crippen LogP contribution in [0.15, 0.2) is 0 Å². The molecule has 0 aliphatic carbocycles. The van der Waals surface area contributed by atoms with Gasteiger partial charge in [-0.2, -0.15) is 0 Å². The van der Waals surface area contributed by atoms with Gasteiger partial charge in [-0.15, -0.1) is 5.10 Å². The Bertz CT molecular complexity index is 298. The molecule has 13 heavy (non-hydrogen) atoms. The number of hydrogen-bond donors (Lipinski definition) is 1. The van der Waals surface area contributed by atoms with Crippen molar-refractivity contribution < 1.29 is 14.6 Å². The Morgan fingerprint density at radius 2 is 2.46 bits per heavy atom. The number of aromatic nitrogens is 4. The highest BCUT2D eigenvalue weighted by molar-refractivity contribution is 5.71. The van der Waals surface area contributed by atoms with Gasteiger partial charge < -0.3 is 9.84 Å². The number of carbonyl (C=O) groups is 1. The summed E-state index contributed by atoms with van der Waals surface area (Å²) < 4.78 is 6.01. The van der Waals surface area contributed by atoms with E-state index in [1.54, 1.807) is 0 Å². The molecule has 0 amide bonds. The molecule has 1 atom stereocenters. The Labute approximate surface area is 74.3 Å². The summed E-state index contributed by atoms with van der Waals surface area (Å²) in [6, 6.07) is -0.778. The first-order valence-corrected chi connectivity index (χ1v) is 3.65. The van der Waals surface area contributed by atoms with Gasteiger partial charge >= 0.3 is 5.97 Å². The van der Waals surface area contributed by atoms with Gasteiger partial charge in [0.25, 0.3) is 0 Å². The fraction of sp³-hybridized carbons (Fsp3) is 0.667. The van der Waals surface area contributed by atoms with Crippen LogP contribution in [0.1, 0.15) is 18.8 Å². The zero-order chi connectivity index (χ0) is 9.84. The van der Waals surface area contributed by atoms with Gasteiger partial charge in [-0.25, -0.2) is 9.48 Å². The molecule has 0 radical (unpaired) electrons. The van der Waals surface area contributed by atoms with Crippen molar-refractivity contribution >= 4 is 5.97 Å². The van der Waals surface area contributed by atoms with E-state index in [1.165, 1.54) is 18.7 Å². The molecule has 0 bridgehead atoms. The zero-order valence-electron chi connectivity index (χ0n) is 7.34. The number of carboxylic acid groups (broad SMARTS) is 1. The fourth-order valence-electron chi connectivity index (χ4n) is 0.842. The van der Waals surface area contributed by atoms with Crippen molar-refractivity contribution in [1.29, 1.82) is 0 Å². The molecule has 1 heterocycles. The van der Waals surface area contributed by atoms with E-state index in [1.807, 2.05) is 0 Å². The summed E-state index contributed by atoms with van der Waals surface area (Å²) in [5.41, 5.74) is 0. The first kappa shape index (κ1) is 9.59. The van der Waals surface area contributed by atoms with Crippen LogP contribution >= 0.6 is 0 Å². The second kappa shape index (κ2) is 3.94. The lowest BCUT2D eigenvalue weighted by Gasteiger charge is -2.07. The average Bonchev–Trinajstić information content (AvgIpc) is 2.52. The van der Waals surface area contributed by atoms with Gasteiger partial charge in [0, 0.05) is 7.11 Å². The van der Waals surface area contributed by atoms with Gasteiger partial charge in [-0.3, -0.25) is 0 Å². The van der Waals surface area contributed by atoms with Gasteiger partial charge in [0.2, 0.25) is 0 Å². The van der Waals surface area contributed by atoms with Crippen molar-refractivity contribution in [2.45, 2.75) is 19.6 Å². The minimum atomic E-state index is -0.982. The first-order valence-electron chi connectivity index (χ1n) is 3.65. The molecule has 1 aromatic rings. The van der Waals surface area contributed by atoms with E-state index in [0.717, 1.165) is 0 Å². The summed E-state index contributed by atoms with van der Waals surface area (Å²) in [5.74, 6) is -0.581. The van der Waals surface area contributed by atoms with E-state index in [4.69, 9.17) is 9.84 Å². The quantitative estimate of drug-likeness (QED) is 0.679. The molecule has 0 spiro atoms. The number of methoxy groups -OCH3 is 1. The summed E-state index contributed by atoms with van der Waals surface area (Å²) >= 11 is 0. The fourth-order valence-corrected chi connectivity index (χ4v) is 0.842. The van der Waals surface area contributed by atoms with Crippen molar-refractivity contribution in [3.05, 3.63) is 5.82 Å². The normalized spacial score (nSPS) is 12.8. The lowest BCUT2D eigenvalue weighted by molar-refractivity contribution is -0.140. The SMILES string of the molecule is COCc1nnnn1C(C)C(=O)O. The van der Waals surface area contributed by atoms with Crippen molar-refractivity contribution in [3.8, 4) is 0 Å². The molecular weight excluding hydrogens is 176 g/mol. The summed E-state index contributed by atoms with van der Waals surface area (Å²) in [7, 11) is 1.49. The molecular formula is C6H10N4O3. The van der Waals surface area contributed by atoms with Gasteiger partial charge in [0.15, 0.2) is 11.9 Å². The number of ether oxygens (including phenoxy) is 1. The molecule has 0 aromatic carbocycles. The van der Waals surface area contributed by atoms with Crippen LogP contribution in [0, 0.1) is 0 Å². The van der Waals surface area contributed by atoms with Gasteiger partial charge in [-0.1, -0.05) is 0 Å². The summed E-state index contributed by atoms with van der Waals surface area (Å²) in [6.07, 6.45) is 0. The number of tetrazole rings is 1. The van der Waals surface area contributed by atoms with E-state index in [0.29, 0.717) is 5.82 Å². The van der Waals surface area contributed by atoms with Crippen LogP contribution in [0.3, 0.4) is 0 Å². The third kappa shape index (κ3) is 2.00. The summed E-state index contributed by atoms with van der Waals surface area (Å²) in [6.45, 7) is 1.70. The smallest absolute Gasteiger partial charge is 0.328 e. The maximum absolute atomic E-state index is 10.6. The van der Waals surface area contributed by atoms with Gasteiger partial charge in [-0.05, 0) is 17.4 Å². The molecule has 7 nitrogen and oxygen atoms in total. The maximum Gasteiger partial charge on any atom is 0.328 e. The Hall–Kier alpha value is -1.50. The number of hydrogen-bond acceptors (Lipinski definition) is 5. The monoisotopic (exact) mass is 186 g/mol. The Morgan fingerprint density at radius 1 is 1.77 bits per heavy atom. The second-order valence-corrected chi connectivity index (χ2v) is 2.49. The van der Waals surface area contributed by atoms with Crippen LogP contribution in [0.4, 0.5) is 0 Å². The molecule has 72 valence electrons. The minimum absolute atomic E-state index is 0.199. The molecule has 7 heteroatoms. The minimum Gasteiger partial charge on any atom is -0.480 e. The van der Waals surface area contributed by atoms with E-state index in [-0.39, 0.29) is 6.61 Å². The van der Waals surface area contributed by atoms with Crippen LogP contribution in [0.25, 0.3) is 0 Å². The average molecular weight is 186 g/mol. The van der Waals surface area contributed by atoms with Crippen LogP contribution in [-0.2, 0) is 16.1 Å². The highest BCUT2D eigenvalue weighted by Crippen LogP contribution is 2.05. The number of aliphatic carboxylic acids is 1. The molecule has 0 aliphatic rings. The standard InChI is InChI=1S/C6H10N4O3/c1-4(6(11)12)10-5(3-13-2)7-8-9-10/h4H,3H2,1-2H3,(H,11,12). The highest BCUT2D eigenvalue weighted by Gasteiger charge is 2.18. The number of carboxylic acids is 1. The number of rotatable bonds is 4. The molecule has 1 N–H and O–H groups in total. The van der Waals surface area contributed by atoms with Gasteiger partial charge in [0.05, 0.1) is 0 Å². The van der Waals surface area contributed by atoms with Crippen molar-refractivity contribution in [1.82, 2.24) is 20.2 Å². The molecule has 0 fully saturated rings. The molecule has 0 saturated heterocycles. The summed E-state index contributed by atoms with van der Waals surface area (Å²) in [5, 5.41) is 19.2. The largest absolute Gasteiger partial charge is 0.480 e. The van der Waals surface area contributed by atoms with Crippen LogP contribution in [0.5, 0.6) is 0 Å². The van der Waals surface area contributed by atoms with Crippen molar-refractivity contribution in [2.24, 2.45) is 0 Å². The third-order valence-electron chi connectivity index (χ3n) is 1.56. The first-order chi connectivity index (χ1) is 6.16. The van der Waals surface area contributed by atoms with Crippen LogP contribution < -0.4 is 0 Å². The lowest BCUT2D eigenvalue weighted by Crippen LogP contribution is -2.19. The molecule has 1 aromatic heterocycles. The zero-order valence-corrected chi connectivity index (χ0v) is 7.34. The maximum atomic E-state index is 10.6.